The fourth-order valence-corrected chi connectivity index (χ4v) is 5.00. The van der Waals surface area contributed by atoms with Crippen LogP contribution in [0.3, 0.4) is 0 Å². The summed E-state index contributed by atoms with van der Waals surface area (Å²) >= 11 is 6.25. The second-order valence-electron chi connectivity index (χ2n) is 8.16. The molecule has 1 spiro atoms. The van der Waals surface area contributed by atoms with Crippen LogP contribution in [0.2, 0.25) is 5.02 Å². The van der Waals surface area contributed by atoms with Gasteiger partial charge in [-0.3, -0.25) is 0 Å². The number of aromatic amines is 1. The van der Waals surface area contributed by atoms with Gasteiger partial charge in [0, 0.05) is 46.9 Å². The first kappa shape index (κ1) is 18.5. The van der Waals surface area contributed by atoms with Gasteiger partial charge in [0.2, 0.25) is 0 Å². The third kappa shape index (κ3) is 3.18. The molecule has 0 unspecified atom stereocenters. The first-order valence-electron chi connectivity index (χ1n) is 10.2. The number of fused-ring (bicyclic) bond motifs is 4. The van der Waals surface area contributed by atoms with E-state index in [4.69, 9.17) is 11.6 Å². The average Bonchev–Trinajstić information content (AvgIpc) is 3.10. The molecule has 1 aromatic heterocycles. The Morgan fingerprint density at radius 1 is 1.17 bits per heavy atom. The number of carbonyl (C=O) groups is 1. The Bertz CT molecular complexity index is 1080. The number of H-pyrrole nitrogens is 1. The molecule has 2 aliphatic heterocycles. The van der Waals surface area contributed by atoms with Crippen molar-refractivity contribution >= 4 is 34.2 Å². The quantitative estimate of drug-likeness (QED) is 0.541. The Morgan fingerprint density at radius 3 is 2.76 bits per heavy atom. The molecule has 0 bridgehead atoms. The molecule has 5 nitrogen and oxygen atoms in total. The Kier molecular flexibility index (Phi) is 4.52. The van der Waals surface area contributed by atoms with Gasteiger partial charge in [0.1, 0.15) is 0 Å². The molecule has 1 fully saturated rings. The van der Waals surface area contributed by atoms with Crippen molar-refractivity contribution in [3.05, 3.63) is 64.3 Å². The number of amides is 2. The summed E-state index contributed by atoms with van der Waals surface area (Å²) in [6.45, 7) is 4.40. The third-order valence-corrected chi connectivity index (χ3v) is 6.71. The zero-order valence-corrected chi connectivity index (χ0v) is 17.3. The number of piperidine rings is 1. The van der Waals surface area contributed by atoms with Gasteiger partial charge in [-0.05, 0) is 61.6 Å². The van der Waals surface area contributed by atoms with Crippen LogP contribution in [-0.2, 0) is 12.0 Å². The number of hydrogen-bond donors (Lipinski definition) is 3. The highest BCUT2D eigenvalue weighted by Crippen LogP contribution is 2.40. The molecule has 1 saturated heterocycles. The minimum Gasteiger partial charge on any atom is -0.357 e. The van der Waals surface area contributed by atoms with E-state index in [9.17, 15) is 4.79 Å². The summed E-state index contributed by atoms with van der Waals surface area (Å²) in [5.41, 5.74) is 5.65. The largest absolute Gasteiger partial charge is 0.357 e. The first-order valence-corrected chi connectivity index (χ1v) is 10.6. The number of nitrogens with zero attached hydrogens (tertiary/aromatic N) is 1. The highest BCUT2D eigenvalue weighted by Gasteiger charge is 2.42. The van der Waals surface area contributed by atoms with Crippen LogP contribution in [-0.4, -0.2) is 35.5 Å². The summed E-state index contributed by atoms with van der Waals surface area (Å²) in [5, 5.41) is 8.83. The van der Waals surface area contributed by atoms with Gasteiger partial charge in [-0.25, -0.2) is 4.79 Å². The summed E-state index contributed by atoms with van der Waals surface area (Å²) in [7, 11) is 0. The van der Waals surface area contributed by atoms with Crippen molar-refractivity contribution in [2.75, 3.05) is 25.0 Å². The standard InChI is InChI=1S/C23H25ClN4O/c1-15-4-2-3-5-19(15)27-22(29)28-12-9-23(10-13-28)21-17(8-11-25-23)18-14-16(24)6-7-20(18)26-21/h2-7,14,25-26H,8-13H2,1H3,(H,27,29). The van der Waals surface area contributed by atoms with Crippen molar-refractivity contribution in [1.82, 2.24) is 15.2 Å². The molecule has 6 heteroatoms. The number of aromatic nitrogens is 1. The van der Waals surface area contributed by atoms with Gasteiger partial charge in [0.25, 0.3) is 0 Å². The Labute approximate surface area is 175 Å². The number of urea groups is 1. The van der Waals surface area contributed by atoms with Gasteiger partial charge in [0.15, 0.2) is 0 Å². The lowest BCUT2D eigenvalue weighted by Crippen LogP contribution is -2.55. The molecule has 0 radical (unpaired) electrons. The van der Waals surface area contributed by atoms with E-state index in [0.29, 0.717) is 0 Å². The van der Waals surface area contributed by atoms with Gasteiger partial charge >= 0.3 is 6.03 Å². The van der Waals surface area contributed by atoms with E-state index in [1.54, 1.807) is 0 Å². The molecule has 3 N–H and O–H groups in total. The number of likely N-dealkylation sites (tertiary alicyclic amines) is 1. The number of para-hydroxylation sites is 1. The summed E-state index contributed by atoms with van der Waals surface area (Å²) < 4.78 is 0. The van der Waals surface area contributed by atoms with E-state index in [2.05, 4.69) is 27.8 Å². The number of halogens is 1. The number of anilines is 1. The van der Waals surface area contributed by atoms with Crippen molar-refractivity contribution < 1.29 is 4.79 Å². The summed E-state index contributed by atoms with van der Waals surface area (Å²) in [6.07, 6.45) is 2.78. The number of rotatable bonds is 1. The number of aryl methyl sites for hydroxylation is 1. The van der Waals surface area contributed by atoms with Gasteiger partial charge in [0.05, 0.1) is 5.54 Å². The fourth-order valence-electron chi connectivity index (χ4n) is 4.83. The van der Waals surface area contributed by atoms with Crippen LogP contribution in [0.25, 0.3) is 10.9 Å². The number of carbonyl (C=O) groups excluding carboxylic acids is 1. The van der Waals surface area contributed by atoms with Gasteiger partial charge in [-0.15, -0.1) is 0 Å². The minimum atomic E-state index is -0.0987. The fraction of sp³-hybridized carbons (Fsp3) is 0.348. The minimum absolute atomic E-state index is 0.0198. The molecule has 3 heterocycles. The van der Waals surface area contributed by atoms with Crippen LogP contribution in [0.15, 0.2) is 42.5 Å². The van der Waals surface area contributed by atoms with Crippen molar-refractivity contribution in [2.24, 2.45) is 0 Å². The van der Waals surface area contributed by atoms with E-state index >= 15 is 0 Å². The Hall–Kier alpha value is -2.50. The average molecular weight is 409 g/mol. The molecule has 2 aliphatic rings. The highest BCUT2D eigenvalue weighted by atomic mass is 35.5. The van der Waals surface area contributed by atoms with Crippen molar-refractivity contribution in [2.45, 2.75) is 31.7 Å². The number of hydrogen-bond acceptors (Lipinski definition) is 2. The Morgan fingerprint density at radius 2 is 1.97 bits per heavy atom. The predicted octanol–water partition coefficient (Wildman–Crippen LogP) is 4.80. The maximum absolute atomic E-state index is 12.8. The summed E-state index contributed by atoms with van der Waals surface area (Å²) in [5.74, 6) is 0. The van der Waals surface area contributed by atoms with Crippen LogP contribution in [0, 0.1) is 6.92 Å². The van der Waals surface area contributed by atoms with Crippen molar-refractivity contribution in [3.63, 3.8) is 0 Å². The lowest BCUT2D eigenvalue weighted by atomic mass is 9.79. The molecule has 0 aliphatic carbocycles. The molecular weight excluding hydrogens is 384 g/mol. The zero-order chi connectivity index (χ0) is 20.0. The van der Waals surface area contributed by atoms with Crippen LogP contribution < -0.4 is 10.6 Å². The van der Waals surface area contributed by atoms with Crippen LogP contribution >= 0.6 is 11.6 Å². The van der Waals surface area contributed by atoms with E-state index in [-0.39, 0.29) is 11.6 Å². The van der Waals surface area contributed by atoms with Crippen LogP contribution in [0.1, 0.15) is 29.7 Å². The topological polar surface area (TPSA) is 60.2 Å². The molecule has 29 heavy (non-hydrogen) atoms. The monoisotopic (exact) mass is 408 g/mol. The zero-order valence-electron chi connectivity index (χ0n) is 16.5. The van der Waals surface area contributed by atoms with Crippen LogP contribution in [0.4, 0.5) is 10.5 Å². The smallest absolute Gasteiger partial charge is 0.321 e. The van der Waals surface area contributed by atoms with Gasteiger partial charge in [-0.1, -0.05) is 29.8 Å². The molecule has 2 aromatic carbocycles. The number of benzene rings is 2. The molecule has 150 valence electrons. The molecule has 2 amide bonds. The maximum Gasteiger partial charge on any atom is 0.321 e. The lowest BCUT2D eigenvalue weighted by Gasteiger charge is -2.44. The van der Waals surface area contributed by atoms with E-state index in [1.807, 2.05) is 42.2 Å². The van der Waals surface area contributed by atoms with E-state index in [0.717, 1.165) is 60.7 Å². The van der Waals surface area contributed by atoms with Crippen LogP contribution in [0.5, 0.6) is 0 Å². The molecule has 5 rings (SSSR count). The summed E-state index contributed by atoms with van der Waals surface area (Å²) in [4.78, 5) is 18.4. The molecule has 0 saturated carbocycles. The lowest BCUT2D eigenvalue weighted by molar-refractivity contribution is 0.142. The van der Waals surface area contributed by atoms with Crippen molar-refractivity contribution in [1.29, 1.82) is 0 Å². The SMILES string of the molecule is Cc1ccccc1NC(=O)N1CCC2(CC1)NCCc1c2[nH]c2ccc(Cl)cc12. The third-order valence-electron chi connectivity index (χ3n) is 6.48. The molecule has 3 aromatic rings. The highest BCUT2D eigenvalue weighted by molar-refractivity contribution is 6.31. The molecule has 0 atom stereocenters. The second kappa shape index (κ2) is 7.08. The van der Waals surface area contributed by atoms with Gasteiger partial charge < -0.3 is 20.5 Å². The second-order valence-corrected chi connectivity index (χ2v) is 8.60. The van der Waals surface area contributed by atoms with E-state index in [1.165, 1.54) is 16.6 Å². The first-order chi connectivity index (χ1) is 14.1. The predicted molar refractivity (Wildman–Crippen MR) is 118 cm³/mol. The normalized spacial score (nSPS) is 18.1. The van der Waals surface area contributed by atoms with Gasteiger partial charge in [-0.2, -0.15) is 0 Å². The van der Waals surface area contributed by atoms with E-state index < -0.39 is 0 Å². The maximum atomic E-state index is 12.8. The molecular formula is C23H25ClN4O. The number of nitrogens with one attached hydrogen (secondary N) is 3. The Balaban J connectivity index is 1.36. The van der Waals surface area contributed by atoms with Crippen molar-refractivity contribution in [3.8, 4) is 0 Å². The summed E-state index contributed by atoms with van der Waals surface area (Å²) in [6, 6.07) is 13.9.